The Hall–Kier alpha value is -2.13. The second-order valence-electron chi connectivity index (χ2n) is 4.46. The zero-order valence-corrected chi connectivity index (χ0v) is 11.4. The van der Waals surface area contributed by atoms with E-state index in [-0.39, 0.29) is 5.78 Å². The monoisotopic (exact) mass is 269 g/mol. The lowest BCUT2D eigenvalue weighted by Crippen LogP contribution is -2.31. The summed E-state index contributed by atoms with van der Waals surface area (Å²) in [5.74, 6) is 0.0207. The smallest absolute Gasteiger partial charge is 0.185 e. The Labute approximate surface area is 119 Å². The van der Waals surface area contributed by atoms with E-state index < -0.39 is 0 Å². The Bertz CT molecular complexity index is 497. The molecule has 0 spiro atoms. The Morgan fingerprint density at radius 3 is 2.45 bits per heavy atom. The van der Waals surface area contributed by atoms with Gasteiger partial charge in [-0.2, -0.15) is 0 Å². The van der Waals surface area contributed by atoms with Crippen LogP contribution < -0.4 is 0 Å². The molecule has 1 aliphatic rings. The van der Waals surface area contributed by atoms with Gasteiger partial charge in [-0.05, 0) is 18.4 Å². The van der Waals surface area contributed by atoms with Gasteiger partial charge in [-0.3, -0.25) is 4.79 Å². The van der Waals surface area contributed by atoms with Crippen molar-refractivity contribution in [2.75, 3.05) is 26.3 Å². The van der Waals surface area contributed by atoms with Crippen molar-refractivity contribution in [2.45, 2.75) is 0 Å². The van der Waals surface area contributed by atoms with Crippen molar-refractivity contribution in [3.8, 4) is 0 Å². The highest BCUT2D eigenvalue weighted by atomic mass is 16.5. The number of nitrogens with zero attached hydrogens (tertiary/aromatic N) is 1. The first-order valence-electron chi connectivity index (χ1n) is 6.79. The molecule has 20 heavy (non-hydrogen) atoms. The van der Waals surface area contributed by atoms with Crippen LogP contribution in [0.4, 0.5) is 0 Å². The first-order valence-corrected chi connectivity index (χ1v) is 6.79. The van der Waals surface area contributed by atoms with Crippen molar-refractivity contribution in [1.82, 2.24) is 4.90 Å². The highest BCUT2D eigenvalue weighted by molar-refractivity contribution is 6.04. The Morgan fingerprint density at radius 2 is 1.70 bits per heavy atom. The van der Waals surface area contributed by atoms with Gasteiger partial charge in [0.05, 0.1) is 13.2 Å². The second-order valence-corrected chi connectivity index (χ2v) is 4.46. The summed E-state index contributed by atoms with van der Waals surface area (Å²) in [7, 11) is 0. The maximum Gasteiger partial charge on any atom is 0.185 e. The molecule has 0 saturated carbocycles. The van der Waals surface area contributed by atoms with Crippen LogP contribution in [0.25, 0.3) is 0 Å². The van der Waals surface area contributed by atoms with Gasteiger partial charge in [0.25, 0.3) is 0 Å². The topological polar surface area (TPSA) is 29.5 Å². The average Bonchev–Trinajstić information content (AvgIpc) is 2.52. The molecular weight excluding hydrogens is 250 g/mol. The molecule has 1 saturated heterocycles. The van der Waals surface area contributed by atoms with E-state index in [2.05, 4.69) is 4.90 Å². The molecule has 0 amide bonds. The van der Waals surface area contributed by atoms with Gasteiger partial charge < -0.3 is 9.64 Å². The fourth-order valence-corrected chi connectivity index (χ4v) is 1.87. The standard InChI is InChI=1S/C17H19NO2/c19-17(16-8-4-3-5-9-16)10-6-1-2-7-11-18-12-14-20-15-13-18/h1-11H,12-15H2/b2-1+,10-6+,11-7+. The third-order valence-electron chi connectivity index (χ3n) is 2.98. The number of rotatable bonds is 5. The van der Waals surface area contributed by atoms with Gasteiger partial charge in [-0.15, -0.1) is 0 Å². The van der Waals surface area contributed by atoms with E-state index in [0.29, 0.717) is 5.56 Å². The minimum absolute atomic E-state index is 0.0207. The lowest BCUT2D eigenvalue weighted by atomic mass is 10.1. The number of allylic oxidation sites excluding steroid dienone is 5. The molecule has 1 aromatic carbocycles. The van der Waals surface area contributed by atoms with Gasteiger partial charge in [-0.25, -0.2) is 0 Å². The fraction of sp³-hybridized carbons (Fsp3) is 0.235. The van der Waals surface area contributed by atoms with E-state index in [1.54, 1.807) is 12.2 Å². The molecule has 2 rings (SSSR count). The first kappa shape index (κ1) is 14.3. The molecule has 0 bridgehead atoms. The SMILES string of the molecule is O=C(/C=C/C=C/C=C/N1CCOCC1)c1ccccc1. The number of ether oxygens (including phenoxy) is 1. The van der Waals surface area contributed by atoms with Crippen LogP contribution in [0.3, 0.4) is 0 Å². The molecule has 104 valence electrons. The highest BCUT2D eigenvalue weighted by Gasteiger charge is 2.03. The van der Waals surface area contributed by atoms with Crippen LogP contribution in [0, 0.1) is 0 Å². The van der Waals surface area contributed by atoms with E-state index in [9.17, 15) is 4.79 Å². The third kappa shape index (κ3) is 4.86. The fourth-order valence-electron chi connectivity index (χ4n) is 1.87. The quantitative estimate of drug-likeness (QED) is 0.467. The van der Waals surface area contributed by atoms with Crippen molar-refractivity contribution in [3.63, 3.8) is 0 Å². The van der Waals surface area contributed by atoms with Crippen LogP contribution in [-0.4, -0.2) is 37.0 Å². The summed E-state index contributed by atoms with van der Waals surface area (Å²) in [6.45, 7) is 3.46. The van der Waals surface area contributed by atoms with Crippen molar-refractivity contribution in [1.29, 1.82) is 0 Å². The maximum atomic E-state index is 11.8. The molecule has 1 heterocycles. The van der Waals surface area contributed by atoms with Crippen molar-refractivity contribution in [2.24, 2.45) is 0 Å². The minimum atomic E-state index is 0.0207. The Kier molecular flexibility index (Phi) is 5.80. The zero-order chi connectivity index (χ0) is 14.0. The number of carbonyl (C=O) groups is 1. The number of morpholine rings is 1. The molecular formula is C17H19NO2. The minimum Gasteiger partial charge on any atom is -0.378 e. The number of carbonyl (C=O) groups excluding carboxylic acids is 1. The summed E-state index contributed by atoms with van der Waals surface area (Å²) in [6.07, 6.45) is 11.1. The Balaban J connectivity index is 1.76. The Morgan fingerprint density at radius 1 is 1.00 bits per heavy atom. The summed E-state index contributed by atoms with van der Waals surface area (Å²) in [4.78, 5) is 14.0. The molecule has 0 aliphatic carbocycles. The molecule has 1 aliphatic heterocycles. The van der Waals surface area contributed by atoms with Gasteiger partial charge in [-0.1, -0.05) is 48.6 Å². The normalized spacial score (nSPS) is 16.5. The van der Waals surface area contributed by atoms with Crippen LogP contribution >= 0.6 is 0 Å². The molecule has 0 atom stereocenters. The van der Waals surface area contributed by atoms with Gasteiger partial charge in [0, 0.05) is 18.7 Å². The van der Waals surface area contributed by atoms with Crippen molar-refractivity contribution < 1.29 is 9.53 Å². The lowest BCUT2D eigenvalue weighted by molar-refractivity contribution is 0.0594. The van der Waals surface area contributed by atoms with Crippen LogP contribution in [0.5, 0.6) is 0 Å². The molecule has 1 aromatic rings. The van der Waals surface area contributed by atoms with Gasteiger partial charge in [0.2, 0.25) is 0 Å². The van der Waals surface area contributed by atoms with Crippen LogP contribution in [0.1, 0.15) is 10.4 Å². The molecule has 3 heteroatoms. The number of ketones is 1. The molecule has 3 nitrogen and oxygen atoms in total. The van der Waals surface area contributed by atoms with Crippen LogP contribution in [-0.2, 0) is 4.74 Å². The van der Waals surface area contributed by atoms with Crippen LogP contribution in [0.2, 0.25) is 0 Å². The number of hydrogen-bond donors (Lipinski definition) is 0. The second kappa shape index (κ2) is 8.12. The van der Waals surface area contributed by atoms with E-state index in [4.69, 9.17) is 4.74 Å². The predicted octanol–water partition coefficient (Wildman–Crippen LogP) is 2.83. The van der Waals surface area contributed by atoms with Crippen LogP contribution in [0.15, 0.2) is 66.9 Å². The van der Waals surface area contributed by atoms with Gasteiger partial charge in [0.15, 0.2) is 5.78 Å². The highest BCUT2D eigenvalue weighted by Crippen LogP contribution is 2.01. The largest absolute Gasteiger partial charge is 0.378 e. The molecule has 0 unspecified atom stereocenters. The lowest BCUT2D eigenvalue weighted by Gasteiger charge is -2.24. The first-order chi connectivity index (χ1) is 9.86. The molecule has 1 fully saturated rings. The van der Waals surface area contributed by atoms with Crippen molar-refractivity contribution in [3.05, 3.63) is 72.5 Å². The van der Waals surface area contributed by atoms with Crippen molar-refractivity contribution >= 4 is 5.78 Å². The molecule has 0 radical (unpaired) electrons. The summed E-state index contributed by atoms with van der Waals surface area (Å²) < 4.78 is 5.27. The molecule has 0 N–H and O–H groups in total. The molecule has 0 aromatic heterocycles. The van der Waals surface area contributed by atoms with E-state index >= 15 is 0 Å². The predicted molar refractivity (Wildman–Crippen MR) is 80.6 cm³/mol. The van der Waals surface area contributed by atoms with Gasteiger partial charge >= 0.3 is 0 Å². The third-order valence-corrected chi connectivity index (χ3v) is 2.98. The van der Waals surface area contributed by atoms with E-state index in [1.165, 1.54) is 0 Å². The number of benzene rings is 1. The van der Waals surface area contributed by atoms with E-state index in [0.717, 1.165) is 26.3 Å². The summed E-state index contributed by atoms with van der Waals surface area (Å²) in [6, 6.07) is 9.25. The maximum absolute atomic E-state index is 11.8. The van der Waals surface area contributed by atoms with E-state index in [1.807, 2.05) is 54.8 Å². The number of hydrogen-bond acceptors (Lipinski definition) is 3. The summed E-state index contributed by atoms with van der Waals surface area (Å²) in [5, 5.41) is 0. The summed E-state index contributed by atoms with van der Waals surface area (Å²) in [5.41, 5.74) is 0.709. The zero-order valence-electron chi connectivity index (χ0n) is 11.4. The average molecular weight is 269 g/mol. The van der Waals surface area contributed by atoms with Gasteiger partial charge in [0.1, 0.15) is 0 Å². The summed E-state index contributed by atoms with van der Waals surface area (Å²) >= 11 is 0.